The van der Waals surface area contributed by atoms with E-state index in [1.54, 1.807) is 17.3 Å². The predicted molar refractivity (Wildman–Crippen MR) is 75.2 cm³/mol. The summed E-state index contributed by atoms with van der Waals surface area (Å²) in [6.45, 7) is 1.36. The number of aliphatic imine (C=N–C) groups is 1. The van der Waals surface area contributed by atoms with Gasteiger partial charge in [-0.15, -0.1) is 0 Å². The molecule has 4 nitrogen and oxygen atoms in total. The van der Waals surface area contributed by atoms with Gasteiger partial charge in [-0.05, 0) is 38.0 Å². The Bertz CT molecular complexity index is 480. The maximum absolute atomic E-state index is 12.2. The normalized spacial score (nSPS) is 35.7. The highest BCUT2D eigenvalue weighted by atomic mass is 32.2. The van der Waals surface area contributed by atoms with Crippen molar-refractivity contribution in [1.82, 2.24) is 5.32 Å². The van der Waals surface area contributed by atoms with Crippen LogP contribution in [0.15, 0.2) is 16.6 Å². The zero-order valence-corrected chi connectivity index (χ0v) is 11.7. The first-order valence-corrected chi connectivity index (χ1v) is 7.93. The van der Waals surface area contributed by atoms with Crippen LogP contribution in [0.3, 0.4) is 0 Å². The van der Waals surface area contributed by atoms with Gasteiger partial charge in [-0.3, -0.25) is 4.79 Å². The smallest absolute Gasteiger partial charge is 0.264 e. The van der Waals surface area contributed by atoms with Crippen molar-refractivity contribution in [3.63, 3.8) is 0 Å². The minimum Gasteiger partial charge on any atom is -0.381 e. The highest BCUT2D eigenvalue weighted by Gasteiger charge is 2.47. The molecule has 2 atom stereocenters. The number of nitrogens with one attached hydrogen (secondary N) is 1. The molecular formula is C14H18N2O2S. The van der Waals surface area contributed by atoms with E-state index in [1.807, 2.05) is 0 Å². The van der Waals surface area contributed by atoms with Gasteiger partial charge in [0.15, 0.2) is 5.17 Å². The van der Waals surface area contributed by atoms with Crippen LogP contribution in [0.25, 0.3) is 0 Å². The van der Waals surface area contributed by atoms with Crippen molar-refractivity contribution >= 4 is 22.8 Å². The van der Waals surface area contributed by atoms with Gasteiger partial charge in [-0.25, -0.2) is 0 Å². The van der Waals surface area contributed by atoms with Crippen LogP contribution in [-0.4, -0.2) is 35.1 Å². The summed E-state index contributed by atoms with van der Waals surface area (Å²) in [5.41, 5.74) is 1.58. The summed E-state index contributed by atoms with van der Waals surface area (Å²) in [7, 11) is 0. The molecule has 4 rings (SSSR count). The minimum atomic E-state index is -0.324. The molecular weight excluding hydrogens is 260 g/mol. The van der Waals surface area contributed by atoms with Gasteiger partial charge in [0.1, 0.15) is 4.75 Å². The summed E-state index contributed by atoms with van der Waals surface area (Å²) >= 11 is 1.64. The Kier molecular flexibility index (Phi) is 2.74. The molecule has 1 N–H and O–H groups in total. The first kappa shape index (κ1) is 12.0. The van der Waals surface area contributed by atoms with Crippen LogP contribution in [0.2, 0.25) is 0 Å². The number of fused-ring (bicyclic) bond motifs is 1. The molecule has 1 amide bonds. The van der Waals surface area contributed by atoms with Crippen molar-refractivity contribution in [2.75, 3.05) is 13.2 Å². The Morgan fingerprint density at radius 3 is 2.95 bits per heavy atom. The van der Waals surface area contributed by atoms with E-state index in [4.69, 9.17) is 4.74 Å². The fraction of sp³-hybridized carbons (Fsp3) is 0.714. The maximum atomic E-state index is 12.2. The average Bonchev–Trinajstić information content (AvgIpc) is 3.08. The van der Waals surface area contributed by atoms with Crippen LogP contribution in [0, 0.1) is 5.92 Å². The van der Waals surface area contributed by atoms with Crippen molar-refractivity contribution in [2.24, 2.45) is 10.9 Å². The van der Waals surface area contributed by atoms with Gasteiger partial charge >= 0.3 is 0 Å². The first-order chi connectivity index (χ1) is 9.25. The predicted octanol–water partition coefficient (Wildman–Crippen LogP) is 1.86. The monoisotopic (exact) mass is 278 g/mol. The molecule has 1 fully saturated rings. The Balaban J connectivity index is 1.43. The first-order valence-electron chi connectivity index (χ1n) is 7.11. The molecule has 0 aromatic heterocycles. The fourth-order valence-electron chi connectivity index (χ4n) is 3.58. The van der Waals surface area contributed by atoms with Crippen LogP contribution < -0.4 is 5.32 Å². The van der Waals surface area contributed by atoms with Gasteiger partial charge in [-0.2, -0.15) is 4.99 Å². The molecule has 0 radical (unpaired) electrons. The van der Waals surface area contributed by atoms with Crippen LogP contribution in [-0.2, 0) is 9.53 Å². The van der Waals surface area contributed by atoms with Crippen molar-refractivity contribution in [3.05, 3.63) is 11.6 Å². The van der Waals surface area contributed by atoms with Gasteiger partial charge < -0.3 is 10.1 Å². The summed E-state index contributed by atoms with van der Waals surface area (Å²) in [6.07, 6.45) is 7.66. The second-order valence-electron chi connectivity index (χ2n) is 5.91. The summed E-state index contributed by atoms with van der Waals surface area (Å²) < 4.78 is 5.04. The van der Waals surface area contributed by atoms with E-state index in [9.17, 15) is 4.79 Å². The second-order valence-corrected chi connectivity index (χ2v) is 7.29. The number of hydrogen-bond donors (Lipinski definition) is 1. The third-order valence-electron chi connectivity index (χ3n) is 4.74. The molecule has 1 spiro atoms. The lowest BCUT2D eigenvalue weighted by Gasteiger charge is -2.30. The van der Waals surface area contributed by atoms with E-state index >= 15 is 0 Å². The molecule has 0 saturated carbocycles. The molecule has 102 valence electrons. The van der Waals surface area contributed by atoms with Crippen molar-refractivity contribution in [1.29, 1.82) is 0 Å². The molecule has 2 bridgehead atoms. The summed E-state index contributed by atoms with van der Waals surface area (Å²) in [5.74, 6) is 0.697. The number of amides is 1. The van der Waals surface area contributed by atoms with Gasteiger partial charge in [-0.1, -0.05) is 23.4 Å². The minimum absolute atomic E-state index is 0.0445. The number of hydrogen-bond acceptors (Lipinski definition) is 4. The van der Waals surface area contributed by atoms with Crippen LogP contribution >= 0.6 is 11.8 Å². The molecule has 19 heavy (non-hydrogen) atoms. The molecule has 2 aliphatic carbocycles. The number of rotatable bonds is 1. The number of nitrogens with zero attached hydrogens (tertiary/aromatic N) is 1. The van der Waals surface area contributed by atoms with Gasteiger partial charge in [0.2, 0.25) is 0 Å². The van der Waals surface area contributed by atoms with E-state index in [-0.39, 0.29) is 10.7 Å². The SMILES string of the molecule is O=C1N=C(NC2CC3=C[C@@H]2CC3)SC12CCOCC2. The highest BCUT2D eigenvalue weighted by molar-refractivity contribution is 8.16. The van der Waals surface area contributed by atoms with E-state index < -0.39 is 0 Å². The second kappa shape index (κ2) is 4.35. The zero-order valence-electron chi connectivity index (χ0n) is 10.9. The largest absolute Gasteiger partial charge is 0.381 e. The third-order valence-corrected chi connectivity index (χ3v) is 6.12. The standard InChI is InChI=1S/C14H18N2O2S/c17-12-14(3-5-18-6-4-14)19-13(16-12)15-11-8-9-1-2-10(11)7-9/h7,10-11H,1-6,8H2,(H,15,16,17)/t10-,11?/m0/s1. The van der Waals surface area contributed by atoms with Crippen LogP contribution in [0.1, 0.15) is 32.1 Å². The Labute approximate surface area is 117 Å². The van der Waals surface area contributed by atoms with Crippen molar-refractivity contribution in [3.8, 4) is 0 Å². The number of ether oxygens (including phenoxy) is 1. The lowest BCUT2D eigenvalue weighted by molar-refractivity contribution is -0.122. The third kappa shape index (κ3) is 1.94. The molecule has 2 heterocycles. The number of amidine groups is 1. The molecule has 5 heteroatoms. The maximum Gasteiger partial charge on any atom is 0.264 e. The van der Waals surface area contributed by atoms with Gasteiger partial charge in [0, 0.05) is 19.3 Å². The lowest BCUT2D eigenvalue weighted by Crippen LogP contribution is -2.40. The topological polar surface area (TPSA) is 50.7 Å². The number of thioether (sulfide) groups is 1. The zero-order chi connectivity index (χ0) is 12.9. The van der Waals surface area contributed by atoms with Crippen LogP contribution in [0.5, 0.6) is 0 Å². The molecule has 2 aliphatic heterocycles. The summed E-state index contributed by atoms with van der Waals surface area (Å²) in [5, 5.41) is 4.36. The summed E-state index contributed by atoms with van der Waals surface area (Å²) in [6, 6.07) is 0.470. The van der Waals surface area contributed by atoms with E-state index in [0.29, 0.717) is 25.2 Å². The Morgan fingerprint density at radius 1 is 1.42 bits per heavy atom. The number of carbonyl (C=O) groups is 1. The van der Waals surface area contributed by atoms with Crippen molar-refractivity contribution in [2.45, 2.75) is 42.9 Å². The molecule has 0 aromatic carbocycles. The lowest BCUT2D eigenvalue weighted by atomic mass is 9.94. The molecule has 1 saturated heterocycles. The highest BCUT2D eigenvalue weighted by Crippen LogP contribution is 2.43. The molecule has 0 aromatic rings. The molecule has 4 aliphatic rings. The Morgan fingerprint density at radius 2 is 2.26 bits per heavy atom. The van der Waals surface area contributed by atoms with Crippen molar-refractivity contribution < 1.29 is 9.53 Å². The number of carbonyl (C=O) groups excluding carboxylic acids is 1. The average molecular weight is 278 g/mol. The summed E-state index contributed by atoms with van der Waals surface area (Å²) in [4.78, 5) is 16.4. The van der Waals surface area contributed by atoms with Gasteiger partial charge in [0.25, 0.3) is 5.91 Å². The fourth-order valence-corrected chi connectivity index (χ4v) is 4.80. The van der Waals surface area contributed by atoms with Crippen LogP contribution in [0.4, 0.5) is 0 Å². The molecule has 1 unspecified atom stereocenters. The van der Waals surface area contributed by atoms with E-state index in [2.05, 4.69) is 16.4 Å². The quantitative estimate of drug-likeness (QED) is 0.744. The Hall–Kier alpha value is -0.810. The van der Waals surface area contributed by atoms with E-state index in [1.165, 1.54) is 12.8 Å². The van der Waals surface area contributed by atoms with Gasteiger partial charge in [0.05, 0.1) is 0 Å². The van der Waals surface area contributed by atoms with E-state index in [0.717, 1.165) is 24.4 Å².